The molecule has 0 unspecified atom stereocenters. The zero-order chi connectivity index (χ0) is 17.9. The van der Waals surface area contributed by atoms with Crippen LogP contribution in [0.15, 0.2) is 59.5 Å². The van der Waals surface area contributed by atoms with Crippen molar-refractivity contribution < 1.29 is 8.42 Å². The first kappa shape index (κ1) is 18.2. The normalized spacial score (nSPS) is 21.0. The predicted octanol–water partition coefficient (Wildman–Crippen LogP) is 4.84. The fraction of sp³-hybridized carbons (Fsp3) is 0.429. The van der Waals surface area contributed by atoms with Crippen LogP contribution in [0.25, 0.3) is 0 Å². The van der Waals surface area contributed by atoms with Crippen molar-refractivity contribution >= 4 is 10.0 Å². The van der Waals surface area contributed by atoms with Gasteiger partial charge in [0.15, 0.2) is 0 Å². The summed E-state index contributed by atoms with van der Waals surface area (Å²) in [6.45, 7) is 4.16. The highest BCUT2D eigenvalue weighted by atomic mass is 32.2. The second kappa shape index (κ2) is 7.71. The lowest BCUT2D eigenvalue weighted by Crippen LogP contribution is -2.30. The maximum absolute atomic E-state index is 12.9. The van der Waals surface area contributed by atoms with Crippen LogP contribution < -0.4 is 4.72 Å². The molecular weight excluding hydrogens is 330 g/mol. The van der Waals surface area contributed by atoms with E-state index >= 15 is 0 Å². The first-order valence-electron chi connectivity index (χ1n) is 9.15. The molecule has 0 radical (unpaired) electrons. The van der Waals surface area contributed by atoms with Crippen LogP contribution in [-0.2, 0) is 10.0 Å². The number of hydrogen-bond acceptors (Lipinski definition) is 2. The van der Waals surface area contributed by atoms with Crippen molar-refractivity contribution in [1.29, 1.82) is 0 Å². The highest BCUT2D eigenvalue weighted by molar-refractivity contribution is 7.89. The van der Waals surface area contributed by atoms with E-state index < -0.39 is 10.0 Å². The maximum atomic E-state index is 12.9. The Morgan fingerprint density at radius 3 is 2.40 bits per heavy atom. The van der Waals surface area contributed by atoms with Crippen LogP contribution >= 0.6 is 0 Å². The van der Waals surface area contributed by atoms with Crippen LogP contribution in [-0.4, -0.2) is 8.42 Å². The van der Waals surface area contributed by atoms with Crippen LogP contribution in [0.3, 0.4) is 0 Å². The van der Waals surface area contributed by atoms with Crippen molar-refractivity contribution in [3.05, 3.63) is 65.7 Å². The molecule has 1 aliphatic carbocycles. The largest absolute Gasteiger partial charge is 0.241 e. The Bertz CT molecular complexity index is 784. The molecule has 4 heteroatoms. The van der Waals surface area contributed by atoms with Crippen molar-refractivity contribution in [1.82, 2.24) is 4.72 Å². The molecule has 3 atom stereocenters. The summed E-state index contributed by atoms with van der Waals surface area (Å²) in [5, 5.41) is 0. The van der Waals surface area contributed by atoms with Gasteiger partial charge in [0.25, 0.3) is 0 Å². The van der Waals surface area contributed by atoms with Gasteiger partial charge in [-0.1, -0.05) is 74.2 Å². The Hall–Kier alpha value is -1.65. The Morgan fingerprint density at radius 1 is 1.08 bits per heavy atom. The average molecular weight is 358 g/mol. The molecule has 3 rings (SSSR count). The van der Waals surface area contributed by atoms with E-state index in [1.807, 2.05) is 49.4 Å². The molecule has 3 nitrogen and oxygen atoms in total. The highest BCUT2D eigenvalue weighted by Gasteiger charge is 2.44. The Kier molecular flexibility index (Phi) is 5.60. The topological polar surface area (TPSA) is 46.2 Å². The van der Waals surface area contributed by atoms with E-state index in [1.165, 1.54) is 19.3 Å². The van der Waals surface area contributed by atoms with Gasteiger partial charge < -0.3 is 0 Å². The van der Waals surface area contributed by atoms with Gasteiger partial charge in [-0.05, 0) is 42.9 Å². The summed E-state index contributed by atoms with van der Waals surface area (Å²) < 4.78 is 28.7. The Balaban J connectivity index is 1.82. The second-order valence-corrected chi connectivity index (χ2v) is 8.84. The van der Waals surface area contributed by atoms with E-state index in [1.54, 1.807) is 12.1 Å². The maximum Gasteiger partial charge on any atom is 0.241 e. The number of hydrogen-bond donors (Lipinski definition) is 1. The molecule has 0 aliphatic heterocycles. The van der Waals surface area contributed by atoms with E-state index in [4.69, 9.17) is 0 Å². The number of unbranched alkanes of at least 4 members (excludes halogenated alkanes) is 1. The second-order valence-electron chi connectivity index (χ2n) is 7.12. The summed E-state index contributed by atoms with van der Waals surface area (Å²) in [7, 11) is -3.52. The summed E-state index contributed by atoms with van der Waals surface area (Å²) >= 11 is 0. The number of aryl methyl sites for hydroxylation is 1. The minimum atomic E-state index is -3.52. The predicted molar refractivity (Wildman–Crippen MR) is 102 cm³/mol. The first-order valence-corrected chi connectivity index (χ1v) is 10.6. The molecule has 0 aromatic heterocycles. The van der Waals surface area contributed by atoms with Gasteiger partial charge in [0.2, 0.25) is 10.0 Å². The lowest BCUT2D eigenvalue weighted by Gasteiger charge is -2.20. The molecule has 2 aromatic carbocycles. The van der Waals surface area contributed by atoms with E-state index in [0.717, 1.165) is 17.5 Å². The SMILES string of the molecule is CCCC[C@@H]1C[C@H]1[C@@H](NS(=O)(=O)c1ccc(C)cc1)c1ccccc1. The van der Waals surface area contributed by atoms with E-state index in [0.29, 0.717) is 16.7 Å². The number of rotatable bonds is 8. The van der Waals surface area contributed by atoms with Gasteiger partial charge in [0.1, 0.15) is 0 Å². The molecule has 134 valence electrons. The molecule has 0 saturated heterocycles. The minimum Gasteiger partial charge on any atom is -0.207 e. The number of nitrogens with one attached hydrogen (secondary N) is 1. The fourth-order valence-corrected chi connectivity index (χ4v) is 4.77. The lowest BCUT2D eigenvalue weighted by atomic mass is 10.0. The van der Waals surface area contributed by atoms with Gasteiger partial charge in [0.05, 0.1) is 10.9 Å². The molecule has 1 fully saturated rings. The van der Waals surface area contributed by atoms with Gasteiger partial charge in [-0.25, -0.2) is 13.1 Å². The molecule has 2 aromatic rings. The van der Waals surface area contributed by atoms with Crippen molar-refractivity contribution in [2.24, 2.45) is 11.8 Å². The third kappa shape index (κ3) is 4.50. The summed E-state index contributed by atoms with van der Waals surface area (Å²) in [6, 6.07) is 16.9. The molecule has 1 saturated carbocycles. The molecular formula is C21H27NO2S. The molecule has 1 N–H and O–H groups in total. The molecule has 0 spiro atoms. The summed E-state index contributed by atoms with van der Waals surface area (Å²) in [4.78, 5) is 0.338. The zero-order valence-electron chi connectivity index (χ0n) is 15.0. The van der Waals surface area contributed by atoms with Gasteiger partial charge in [-0.15, -0.1) is 0 Å². The van der Waals surface area contributed by atoms with E-state index in [2.05, 4.69) is 11.6 Å². The molecule has 0 heterocycles. The summed E-state index contributed by atoms with van der Waals surface area (Å²) in [5.74, 6) is 1.03. The minimum absolute atomic E-state index is 0.144. The number of benzene rings is 2. The third-order valence-corrected chi connectivity index (χ3v) is 6.56. The van der Waals surface area contributed by atoms with Crippen LogP contribution in [0.4, 0.5) is 0 Å². The smallest absolute Gasteiger partial charge is 0.207 e. The van der Waals surface area contributed by atoms with Gasteiger partial charge in [-0.3, -0.25) is 0 Å². The molecule has 25 heavy (non-hydrogen) atoms. The number of sulfonamides is 1. The van der Waals surface area contributed by atoms with Crippen molar-refractivity contribution in [3.63, 3.8) is 0 Å². The molecule has 1 aliphatic rings. The Labute approximate surface area is 151 Å². The van der Waals surface area contributed by atoms with Crippen molar-refractivity contribution in [3.8, 4) is 0 Å². The van der Waals surface area contributed by atoms with Crippen molar-refractivity contribution in [2.45, 2.75) is 50.5 Å². The third-order valence-electron chi connectivity index (χ3n) is 5.11. The standard InChI is InChI=1S/C21H27NO2S/c1-3-4-8-18-15-20(18)21(17-9-6-5-7-10-17)22-25(23,24)19-13-11-16(2)12-14-19/h5-7,9-14,18,20-22H,3-4,8,15H2,1-2H3/t18-,20-,21+/m1/s1. The Morgan fingerprint density at radius 2 is 1.76 bits per heavy atom. The quantitative estimate of drug-likeness (QED) is 0.735. The van der Waals surface area contributed by atoms with Crippen LogP contribution in [0, 0.1) is 18.8 Å². The monoisotopic (exact) mass is 357 g/mol. The van der Waals surface area contributed by atoms with Gasteiger partial charge >= 0.3 is 0 Å². The lowest BCUT2D eigenvalue weighted by molar-refractivity contribution is 0.491. The summed E-state index contributed by atoms with van der Waals surface area (Å²) in [6.07, 6.45) is 4.70. The van der Waals surface area contributed by atoms with Crippen LogP contribution in [0.5, 0.6) is 0 Å². The first-order chi connectivity index (χ1) is 12.0. The fourth-order valence-electron chi connectivity index (χ4n) is 3.49. The highest BCUT2D eigenvalue weighted by Crippen LogP contribution is 2.50. The summed E-state index contributed by atoms with van der Waals surface area (Å²) in [5.41, 5.74) is 2.11. The average Bonchev–Trinajstić information content (AvgIpc) is 3.38. The molecule has 0 bridgehead atoms. The van der Waals surface area contributed by atoms with Crippen LogP contribution in [0.2, 0.25) is 0 Å². The van der Waals surface area contributed by atoms with E-state index in [-0.39, 0.29) is 6.04 Å². The van der Waals surface area contributed by atoms with Gasteiger partial charge in [0, 0.05) is 0 Å². The van der Waals surface area contributed by atoms with E-state index in [9.17, 15) is 8.42 Å². The zero-order valence-corrected chi connectivity index (χ0v) is 15.8. The van der Waals surface area contributed by atoms with Crippen molar-refractivity contribution in [2.75, 3.05) is 0 Å². The van der Waals surface area contributed by atoms with Crippen LogP contribution in [0.1, 0.15) is 49.8 Å². The molecule has 0 amide bonds. The van der Waals surface area contributed by atoms with Gasteiger partial charge in [-0.2, -0.15) is 0 Å².